The van der Waals surface area contributed by atoms with Gasteiger partial charge in [0.05, 0.1) is 37.3 Å². The van der Waals surface area contributed by atoms with E-state index in [1.165, 1.54) is 18.2 Å². The largest absolute Gasteiger partial charge is 0.461 e. The van der Waals surface area contributed by atoms with Crippen LogP contribution in [0, 0.1) is 18.2 Å². The summed E-state index contributed by atoms with van der Waals surface area (Å²) in [6.45, 7) is 9.43. The summed E-state index contributed by atoms with van der Waals surface area (Å²) >= 11 is 7.71. The maximum Gasteiger partial charge on any atom is 0.319 e. The van der Waals surface area contributed by atoms with E-state index >= 15 is 4.39 Å². The number of anilines is 2. The van der Waals surface area contributed by atoms with Crippen LogP contribution in [-0.4, -0.2) is 78.3 Å². The number of rotatable bonds is 5. The van der Waals surface area contributed by atoms with Crippen LogP contribution in [0.4, 0.5) is 29.7 Å². The quantitative estimate of drug-likeness (QED) is 0.230. The first-order chi connectivity index (χ1) is 22.5. The zero-order valence-electron chi connectivity index (χ0n) is 25.2. The minimum Gasteiger partial charge on any atom is -0.461 e. The number of halogens is 4. The lowest BCUT2D eigenvalue weighted by Crippen LogP contribution is -2.43. The van der Waals surface area contributed by atoms with Crippen molar-refractivity contribution in [1.29, 1.82) is 0 Å². The van der Waals surface area contributed by atoms with E-state index in [2.05, 4.69) is 14.7 Å². The monoisotopic (exact) mass is 702 g/mol. The molecule has 246 valence electrons. The highest BCUT2D eigenvalue weighted by Gasteiger charge is 2.53. The Kier molecular flexibility index (Phi) is 7.12. The highest BCUT2D eigenvalue weighted by molar-refractivity contribution is 7.93. The minimum atomic E-state index is -3.34. The van der Waals surface area contributed by atoms with Gasteiger partial charge < -0.3 is 15.4 Å². The molecule has 15 heteroatoms. The molecular formula is C32H30ClF3N6O3S2. The summed E-state index contributed by atoms with van der Waals surface area (Å²) in [7, 11) is -3.34. The van der Waals surface area contributed by atoms with Crippen LogP contribution in [-0.2, 0) is 9.84 Å². The maximum absolute atomic E-state index is 17.0. The Labute approximate surface area is 278 Å². The Balaban J connectivity index is 1.29. The Morgan fingerprint density at radius 3 is 2.79 bits per heavy atom. The second kappa shape index (κ2) is 10.8. The number of hydrogen-bond acceptors (Lipinski definition) is 9. The Morgan fingerprint density at radius 1 is 1.19 bits per heavy atom. The van der Waals surface area contributed by atoms with Gasteiger partial charge in [-0.05, 0) is 56.3 Å². The molecule has 0 aliphatic carbocycles. The zero-order valence-corrected chi connectivity index (χ0v) is 27.6. The maximum atomic E-state index is 17.0. The van der Waals surface area contributed by atoms with Crippen molar-refractivity contribution in [3.63, 3.8) is 0 Å². The van der Waals surface area contributed by atoms with E-state index in [-0.39, 0.29) is 78.6 Å². The molecule has 0 radical (unpaired) electrons. The summed E-state index contributed by atoms with van der Waals surface area (Å²) in [6, 6.07) is 3.95. The molecule has 1 unspecified atom stereocenters. The SMILES string of the molecule is [C-]#[N+]c1c(N)sc2c(F)ccc(-c3c(Cl)cc4c(N5CCC6(CCCS6(=O)=O)C5)nc(OC[C@@]56CCCN5C[C@H](F)C6)nc4c3F)c12. The number of fused-ring (bicyclic) bond motifs is 3. The predicted molar refractivity (Wildman–Crippen MR) is 177 cm³/mol. The highest BCUT2D eigenvalue weighted by Crippen LogP contribution is 2.50. The van der Waals surface area contributed by atoms with Gasteiger partial charge in [-0.3, -0.25) is 4.90 Å². The van der Waals surface area contributed by atoms with Crippen molar-refractivity contribution in [2.45, 2.75) is 55.0 Å². The fourth-order valence-corrected chi connectivity index (χ4v) is 11.7. The second-order valence-corrected chi connectivity index (χ2v) is 17.1. The fourth-order valence-electron chi connectivity index (χ4n) is 8.29. The van der Waals surface area contributed by atoms with Gasteiger partial charge in [-0.2, -0.15) is 9.97 Å². The molecule has 4 aliphatic rings. The van der Waals surface area contributed by atoms with E-state index in [9.17, 15) is 17.2 Å². The van der Waals surface area contributed by atoms with Crippen LogP contribution in [0.5, 0.6) is 6.01 Å². The number of nitrogens with zero attached hydrogens (tertiary/aromatic N) is 5. The molecule has 2 N–H and O–H groups in total. The molecule has 4 saturated heterocycles. The molecule has 4 aromatic rings. The standard InChI is InChI=1S/C32H30ClF3N6O3S2/c1-38-26-23-18(4-5-21(35)27(23)46-28(26)37)22-20(33)12-19-25(24(22)36)39-30(45-16-31-6-2-9-42(31)14-17(34)13-31)40-29(19)41-10-8-32(15-41)7-3-11-47(32,43)44/h4-5,12,17H,2-3,6-11,13-16,37H2/t17-,31+,32?/m1/s1. The van der Waals surface area contributed by atoms with Gasteiger partial charge in [0.15, 0.2) is 15.7 Å². The molecule has 8 rings (SSSR count). The number of benzene rings is 2. The van der Waals surface area contributed by atoms with Crippen molar-refractivity contribution >= 4 is 70.3 Å². The molecule has 2 aromatic carbocycles. The first-order valence-electron chi connectivity index (χ1n) is 15.5. The normalized spacial score (nSPS) is 27.0. The lowest BCUT2D eigenvalue weighted by Gasteiger charge is -2.31. The molecule has 4 fully saturated rings. The number of hydrogen-bond donors (Lipinski definition) is 1. The number of nitrogen functional groups attached to an aromatic ring is 1. The Morgan fingerprint density at radius 2 is 2.02 bits per heavy atom. The molecule has 2 aromatic heterocycles. The van der Waals surface area contributed by atoms with Gasteiger partial charge in [-0.15, -0.1) is 11.3 Å². The molecule has 9 nitrogen and oxygen atoms in total. The zero-order chi connectivity index (χ0) is 32.9. The Hall–Kier alpha value is -3.38. The van der Waals surface area contributed by atoms with Crippen molar-refractivity contribution in [1.82, 2.24) is 14.9 Å². The van der Waals surface area contributed by atoms with Gasteiger partial charge in [0.1, 0.15) is 29.9 Å². The molecule has 4 aliphatic heterocycles. The average molecular weight is 703 g/mol. The lowest BCUT2D eigenvalue weighted by molar-refractivity contribution is 0.107. The third kappa shape index (κ3) is 4.60. The summed E-state index contributed by atoms with van der Waals surface area (Å²) in [5.41, 5.74) is 5.52. The molecule has 47 heavy (non-hydrogen) atoms. The van der Waals surface area contributed by atoms with Crippen LogP contribution < -0.4 is 15.4 Å². The van der Waals surface area contributed by atoms with Crippen LogP contribution in [0.25, 0.3) is 37.0 Å². The molecular weight excluding hydrogens is 673 g/mol. The van der Waals surface area contributed by atoms with Gasteiger partial charge in [-0.25, -0.2) is 26.4 Å². The first-order valence-corrected chi connectivity index (χ1v) is 18.4. The molecule has 0 amide bonds. The number of aromatic nitrogens is 2. The van der Waals surface area contributed by atoms with E-state index in [1.54, 1.807) is 0 Å². The lowest BCUT2D eigenvalue weighted by atomic mass is 9.95. The smallest absolute Gasteiger partial charge is 0.319 e. The summed E-state index contributed by atoms with van der Waals surface area (Å²) < 4.78 is 77.9. The summed E-state index contributed by atoms with van der Waals surface area (Å²) in [5, 5.41) is 0.496. The minimum absolute atomic E-state index is 0.00528. The van der Waals surface area contributed by atoms with E-state index in [0.717, 1.165) is 30.7 Å². The Bertz CT molecular complexity index is 2140. The van der Waals surface area contributed by atoms with Crippen LogP contribution in [0.3, 0.4) is 0 Å². The van der Waals surface area contributed by atoms with Crippen LogP contribution in [0.2, 0.25) is 5.02 Å². The second-order valence-electron chi connectivity index (χ2n) is 13.1. The summed E-state index contributed by atoms with van der Waals surface area (Å²) in [4.78, 5) is 16.6. The molecule has 1 spiro atoms. The van der Waals surface area contributed by atoms with E-state index in [4.69, 9.17) is 33.6 Å². The molecule has 0 saturated carbocycles. The van der Waals surface area contributed by atoms with Crippen molar-refractivity contribution in [2.75, 3.05) is 49.2 Å². The fraction of sp³-hybridized carbons (Fsp3) is 0.469. The number of nitrogens with two attached hydrogens (primary N) is 1. The topological polar surface area (TPSA) is 106 Å². The molecule has 3 atom stereocenters. The van der Waals surface area contributed by atoms with Gasteiger partial charge in [0, 0.05) is 42.4 Å². The summed E-state index contributed by atoms with van der Waals surface area (Å²) in [6.07, 6.45) is 2.54. The van der Waals surface area contributed by atoms with E-state index in [0.29, 0.717) is 38.8 Å². The number of thiophene rings is 1. The number of sulfone groups is 1. The van der Waals surface area contributed by atoms with Crippen LogP contribution >= 0.6 is 22.9 Å². The number of alkyl halides is 1. The third-order valence-electron chi connectivity index (χ3n) is 10.6. The van der Waals surface area contributed by atoms with E-state index < -0.39 is 37.9 Å². The van der Waals surface area contributed by atoms with Gasteiger partial charge in [0.25, 0.3) is 0 Å². The number of ether oxygens (including phenoxy) is 1. The van der Waals surface area contributed by atoms with Crippen molar-refractivity contribution < 1.29 is 26.3 Å². The highest BCUT2D eigenvalue weighted by atomic mass is 35.5. The molecule has 0 bridgehead atoms. The predicted octanol–water partition coefficient (Wildman–Crippen LogP) is 6.69. The van der Waals surface area contributed by atoms with Gasteiger partial charge >= 0.3 is 6.01 Å². The first kappa shape index (κ1) is 30.9. The van der Waals surface area contributed by atoms with Crippen LogP contribution in [0.1, 0.15) is 38.5 Å². The van der Waals surface area contributed by atoms with Crippen molar-refractivity contribution in [3.8, 4) is 17.1 Å². The van der Waals surface area contributed by atoms with Gasteiger partial charge in [-0.1, -0.05) is 17.7 Å². The summed E-state index contributed by atoms with van der Waals surface area (Å²) in [5.74, 6) is -1.01. The van der Waals surface area contributed by atoms with Crippen LogP contribution in [0.15, 0.2) is 18.2 Å². The third-order valence-corrected chi connectivity index (χ3v) is 14.6. The average Bonchev–Trinajstić information content (AvgIpc) is 3.82. The van der Waals surface area contributed by atoms with E-state index in [1.807, 2.05) is 4.90 Å². The van der Waals surface area contributed by atoms with Gasteiger partial charge in [0.2, 0.25) is 5.69 Å². The van der Waals surface area contributed by atoms with Crippen molar-refractivity contribution in [2.24, 2.45) is 0 Å². The van der Waals surface area contributed by atoms with Crippen molar-refractivity contribution in [3.05, 3.63) is 46.3 Å². The molecule has 6 heterocycles.